The third-order valence-corrected chi connectivity index (χ3v) is 3.57. The summed E-state index contributed by atoms with van der Waals surface area (Å²) in [6.07, 6.45) is 1.33. The van der Waals surface area contributed by atoms with E-state index in [0.29, 0.717) is 30.8 Å². The van der Waals surface area contributed by atoms with Crippen molar-refractivity contribution in [2.24, 2.45) is 5.41 Å². The average Bonchev–Trinajstić information content (AvgIpc) is 2.42. The molecular weight excluding hydrogens is 251 g/mol. The van der Waals surface area contributed by atoms with Gasteiger partial charge in [-0.15, -0.1) is 0 Å². The Morgan fingerprint density at radius 3 is 2.89 bits per heavy atom. The highest BCUT2D eigenvalue weighted by Crippen LogP contribution is 2.34. The van der Waals surface area contributed by atoms with Crippen LogP contribution in [0.2, 0.25) is 0 Å². The van der Waals surface area contributed by atoms with E-state index in [4.69, 9.17) is 9.47 Å². The second kappa shape index (κ2) is 5.57. The van der Waals surface area contributed by atoms with Gasteiger partial charge in [0.1, 0.15) is 11.6 Å². The first-order valence-corrected chi connectivity index (χ1v) is 6.21. The summed E-state index contributed by atoms with van der Waals surface area (Å²) in [5, 5.41) is 9.41. The zero-order valence-electron chi connectivity index (χ0n) is 10.8. The number of rotatable bonds is 4. The number of hydrogen-bond acceptors (Lipinski definition) is 3. The van der Waals surface area contributed by atoms with Crippen molar-refractivity contribution in [3.8, 4) is 5.75 Å². The summed E-state index contributed by atoms with van der Waals surface area (Å²) in [7, 11) is 1.46. The van der Waals surface area contributed by atoms with Gasteiger partial charge in [-0.2, -0.15) is 0 Å². The maximum Gasteiger partial charge on any atom is 0.312 e. The van der Waals surface area contributed by atoms with E-state index in [1.807, 2.05) is 0 Å². The Bertz CT molecular complexity index is 467. The van der Waals surface area contributed by atoms with Gasteiger partial charge in [-0.05, 0) is 30.9 Å². The first-order chi connectivity index (χ1) is 9.07. The van der Waals surface area contributed by atoms with E-state index in [9.17, 15) is 14.3 Å². The molecule has 0 radical (unpaired) electrons. The van der Waals surface area contributed by atoms with Crippen LogP contribution in [0.25, 0.3) is 0 Å². The van der Waals surface area contributed by atoms with Crippen molar-refractivity contribution < 1.29 is 23.8 Å². The zero-order chi connectivity index (χ0) is 13.9. The van der Waals surface area contributed by atoms with Crippen molar-refractivity contribution in [2.75, 3.05) is 20.3 Å². The molecule has 1 fully saturated rings. The van der Waals surface area contributed by atoms with Gasteiger partial charge in [0.2, 0.25) is 0 Å². The molecule has 4 nitrogen and oxygen atoms in total. The monoisotopic (exact) mass is 268 g/mol. The van der Waals surface area contributed by atoms with Gasteiger partial charge in [-0.1, -0.05) is 6.07 Å². The Balaban J connectivity index is 2.24. The third-order valence-electron chi connectivity index (χ3n) is 3.57. The lowest BCUT2D eigenvalue weighted by molar-refractivity contribution is -0.157. The van der Waals surface area contributed by atoms with Crippen LogP contribution in [0.3, 0.4) is 0 Å². The highest BCUT2D eigenvalue weighted by atomic mass is 19.1. The number of carbonyl (C=O) groups is 1. The number of carboxylic acids is 1. The minimum Gasteiger partial charge on any atom is -0.497 e. The predicted molar refractivity (Wildman–Crippen MR) is 66.8 cm³/mol. The molecule has 1 saturated heterocycles. The summed E-state index contributed by atoms with van der Waals surface area (Å²) in [4.78, 5) is 11.5. The van der Waals surface area contributed by atoms with Crippen LogP contribution in [-0.4, -0.2) is 31.4 Å². The van der Waals surface area contributed by atoms with Gasteiger partial charge in [-0.3, -0.25) is 4.79 Å². The highest BCUT2D eigenvalue weighted by molar-refractivity contribution is 5.75. The largest absolute Gasteiger partial charge is 0.497 e. The minimum atomic E-state index is -1.02. The topological polar surface area (TPSA) is 55.8 Å². The Hall–Kier alpha value is -1.62. The lowest BCUT2D eigenvalue weighted by Crippen LogP contribution is -2.41. The van der Waals surface area contributed by atoms with Crippen molar-refractivity contribution in [3.63, 3.8) is 0 Å². The predicted octanol–water partition coefficient (Wildman–Crippen LogP) is 2.26. The Labute approximate surface area is 111 Å². The highest BCUT2D eigenvalue weighted by Gasteiger charge is 2.41. The summed E-state index contributed by atoms with van der Waals surface area (Å²) in [5.41, 5.74) is -0.637. The Kier molecular flexibility index (Phi) is 4.04. The van der Waals surface area contributed by atoms with Crippen LogP contribution in [0.1, 0.15) is 18.4 Å². The van der Waals surface area contributed by atoms with Crippen molar-refractivity contribution >= 4 is 5.97 Å². The van der Waals surface area contributed by atoms with Crippen LogP contribution in [0, 0.1) is 11.2 Å². The van der Waals surface area contributed by atoms with Gasteiger partial charge in [0.25, 0.3) is 0 Å². The Morgan fingerprint density at radius 2 is 2.37 bits per heavy atom. The lowest BCUT2D eigenvalue weighted by Gasteiger charge is -2.33. The van der Waals surface area contributed by atoms with E-state index in [0.717, 1.165) is 0 Å². The smallest absolute Gasteiger partial charge is 0.312 e. The summed E-state index contributed by atoms with van der Waals surface area (Å²) in [5.74, 6) is -0.946. The molecule has 19 heavy (non-hydrogen) atoms. The quantitative estimate of drug-likeness (QED) is 0.910. The molecule has 1 atom stereocenters. The summed E-state index contributed by atoms with van der Waals surface area (Å²) in [6, 6.07) is 4.49. The number of carboxylic acid groups (broad SMARTS) is 1. The van der Waals surface area contributed by atoms with Crippen LogP contribution in [0.15, 0.2) is 18.2 Å². The molecule has 104 valence electrons. The van der Waals surface area contributed by atoms with Crippen molar-refractivity contribution in [1.29, 1.82) is 0 Å². The number of aliphatic carboxylic acids is 1. The van der Waals surface area contributed by atoms with Gasteiger partial charge in [-0.25, -0.2) is 4.39 Å². The maximum atomic E-state index is 13.9. The number of halogens is 1. The molecule has 0 amide bonds. The summed E-state index contributed by atoms with van der Waals surface area (Å²) < 4.78 is 24.1. The molecule has 0 spiro atoms. The van der Waals surface area contributed by atoms with E-state index in [-0.39, 0.29) is 13.0 Å². The van der Waals surface area contributed by atoms with Gasteiger partial charge >= 0.3 is 5.97 Å². The van der Waals surface area contributed by atoms with E-state index in [1.165, 1.54) is 13.2 Å². The minimum absolute atomic E-state index is 0.133. The van der Waals surface area contributed by atoms with Gasteiger partial charge in [0.05, 0.1) is 19.1 Å². The van der Waals surface area contributed by atoms with E-state index in [1.54, 1.807) is 12.1 Å². The molecule has 5 heteroatoms. The molecule has 0 aliphatic carbocycles. The van der Waals surface area contributed by atoms with Gasteiger partial charge < -0.3 is 14.6 Å². The molecule has 0 saturated carbocycles. The fourth-order valence-corrected chi connectivity index (χ4v) is 2.40. The molecule has 0 aromatic heterocycles. The van der Waals surface area contributed by atoms with E-state index < -0.39 is 17.2 Å². The van der Waals surface area contributed by atoms with Crippen LogP contribution < -0.4 is 4.74 Å². The van der Waals surface area contributed by atoms with Crippen molar-refractivity contribution in [2.45, 2.75) is 19.3 Å². The molecule has 1 aromatic carbocycles. The lowest BCUT2D eigenvalue weighted by atomic mass is 9.77. The second-order valence-corrected chi connectivity index (χ2v) is 4.88. The van der Waals surface area contributed by atoms with Crippen molar-refractivity contribution in [1.82, 2.24) is 0 Å². The van der Waals surface area contributed by atoms with Crippen LogP contribution in [0.5, 0.6) is 5.75 Å². The van der Waals surface area contributed by atoms with Gasteiger partial charge in [0, 0.05) is 12.7 Å². The Morgan fingerprint density at radius 1 is 1.58 bits per heavy atom. The SMILES string of the molecule is COc1ccc(CC2(C(=O)O)CCCOC2)c(F)c1. The first kappa shape index (κ1) is 13.8. The molecule has 2 rings (SSSR count). The second-order valence-electron chi connectivity index (χ2n) is 4.88. The number of hydrogen-bond donors (Lipinski definition) is 1. The number of methoxy groups -OCH3 is 1. The molecule has 1 heterocycles. The van der Waals surface area contributed by atoms with Gasteiger partial charge in [0.15, 0.2) is 0 Å². The third kappa shape index (κ3) is 2.87. The number of ether oxygens (including phenoxy) is 2. The molecule has 0 bridgehead atoms. The molecular formula is C14H17FO4. The van der Waals surface area contributed by atoms with E-state index in [2.05, 4.69) is 0 Å². The van der Waals surface area contributed by atoms with Crippen LogP contribution in [0.4, 0.5) is 4.39 Å². The molecule has 1 N–H and O–H groups in total. The molecule has 1 aliphatic heterocycles. The van der Waals surface area contributed by atoms with Crippen molar-refractivity contribution in [3.05, 3.63) is 29.6 Å². The zero-order valence-corrected chi connectivity index (χ0v) is 10.8. The van der Waals surface area contributed by atoms with E-state index >= 15 is 0 Å². The fourth-order valence-electron chi connectivity index (χ4n) is 2.40. The van der Waals surface area contributed by atoms with Crippen LogP contribution >= 0.6 is 0 Å². The summed E-state index contributed by atoms with van der Waals surface area (Å²) in [6.45, 7) is 0.702. The van der Waals surface area contributed by atoms with Crippen LogP contribution in [-0.2, 0) is 16.0 Å². The first-order valence-electron chi connectivity index (χ1n) is 6.21. The fraction of sp³-hybridized carbons (Fsp3) is 0.500. The maximum absolute atomic E-state index is 13.9. The average molecular weight is 268 g/mol. The summed E-state index contributed by atoms with van der Waals surface area (Å²) >= 11 is 0. The molecule has 1 unspecified atom stereocenters. The normalized spacial score (nSPS) is 23.1. The molecule has 1 aromatic rings. The number of benzene rings is 1. The molecule has 1 aliphatic rings. The standard InChI is InChI=1S/C14H17FO4/c1-18-11-4-3-10(12(15)7-11)8-14(13(16)17)5-2-6-19-9-14/h3-4,7H,2,5-6,8-9H2,1H3,(H,16,17).